The Bertz CT molecular complexity index is 825. The van der Waals surface area contributed by atoms with Crippen molar-refractivity contribution in [3.63, 3.8) is 0 Å². The number of nitrogens with zero attached hydrogens (tertiary/aromatic N) is 1. The van der Waals surface area contributed by atoms with Crippen molar-refractivity contribution in [2.45, 2.75) is 39.4 Å². The van der Waals surface area contributed by atoms with Gasteiger partial charge in [0.05, 0.1) is 17.2 Å². The molecule has 1 heterocycles. The highest BCUT2D eigenvalue weighted by Crippen LogP contribution is 2.41. The minimum absolute atomic E-state index is 0.0245. The topological polar surface area (TPSA) is 61.8 Å². The van der Waals surface area contributed by atoms with Gasteiger partial charge >= 0.3 is 0 Å². The van der Waals surface area contributed by atoms with Crippen molar-refractivity contribution < 1.29 is 14.6 Å². The molecule has 5 nitrogen and oxygen atoms in total. The van der Waals surface area contributed by atoms with Crippen LogP contribution in [-0.4, -0.2) is 28.6 Å². The van der Waals surface area contributed by atoms with Gasteiger partial charge in [-0.2, -0.15) is 0 Å². The molecule has 0 spiro atoms. The summed E-state index contributed by atoms with van der Waals surface area (Å²) in [5, 5.41) is 13.8. The number of carbonyl (C=O) groups excluding carboxylic acids is 1. The van der Waals surface area contributed by atoms with E-state index in [1.54, 1.807) is 12.1 Å². The second-order valence-electron chi connectivity index (χ2n) is 6.34. The molecule has 0 saturated carbocycles. The number of nitrogens with one attached hydrogen (secondary N) is 1. The van der Waals surface area contributed by atoms with Crippen LogP contribution in [0.2, 0.25) is 5.02 Å². The zero-order valence-electron chi connectivity index (χ0n) is 15.1. The minimum atomic E-state index is -0.398. The van der Waals surface area contributed by atoms with Crippen LogP contribution < -0.4 is 10.1 Å². The second-order valence-corrected chi connectivity index (χ2v) is 6.75. The van der Waals surface area contributed by atoms with Crippen molar-refractivity contribution in [1.29, 1.82) is 0 Å². The van der Waals surface area contributed by atoms with E-state index in [4.69, 9.17) is 16.3 Å². The Hall–Kier alpha value is -2.40. The van der Waals surface area contributed by atoms with E-state index in [9.17, 15) is 9.90 Å². The summed E-state index contributed by atoms with van der Waals surface area (Å²) in [7, 11) is 0. The highest BCUT2D eigenvalue weighted by molar-refractivity contribution is 6.32. The smallest absolute Gasteiger partial charge is 0.258 e. The van der Waals surface area contributed by atoms with Crippen molar-refractivity contribution in [2.75, 3.05) is 11.9 Å². The van der Waals surface area contributed by atoms with Crippen LogP contribution >= 0.6 is 11.6 Å². The van der Waals surface area contributed by atoms with Gasteiger partial charge in [0.2, 0.25) is 0 Å². The molecule has 0 unspecified atom stereocenters. The Balaban J connectivity index is 2.11. The number of aromatic hydroxyl groups is 1. The Labute approximate surface area is 158 Å². The number of ether oxygens (including phenoxy) is 1. The van der Waals surface area contributed by atoms with Crippen molar-refractivity contribution in [3.05, 3.63) is 52.5 Å². The van der Waals surface area contributed by atoms with Crippen LogP contribution in [0.5, 0.6) is 11.5 Å². The lowest BCUT2D eigenvalue weighted by molar-refractivity contribution is 0.0593. The van der Waals surface area contributed by atoms with Crippen molar-refractivity contribution in [1.82, 2.24) is 4.90 Å². The highest BCUT2D eigenvalue weighted by Gasteiger charge is 2.35. The summed E-state index contributed by atoms with van der Waals surface area (Å²) in [6.45, 7) is 6.31. The number of hydrogen-bond donors (Lipinski definition) is 2. The maximum Gasteiger partial charge on any atom is 0.258 e. The van der Waals surface area contributed by atoms with Crippen LogP contribution in [-0.2, 0) is 0 Å². The first-order chi connectivity index (χ1) is 12.5. The van der Waals surface area contributed by atoms with Crippen LogP contribution in [0.25, 0.3) is 0 Å². The van der Waals surface area contributed by atoms with E-state index < -0.39 is 6.17 Å². The van der Waals surface area contributed by atoms with E-state index >= 15 is 0 Å². The molecule has 138 valence electrons. The number of benzene rings is 2. The molecule has 0 radical (unpaired) electrons. The number of para-hydroxylation sites is 1. The molecule has 26 heavy (non-hydrogen) atoms. The molecule has 2 atom stereocenters. The fraction of sp³-hybridized carbons (Fsp3) is 0.350. The number of halogens is 1. The summed E-state index contributed by atoms with van der Waals surface area (Å²) in [5.41, 5.74) is 2.20. The molecule has 2 aromatic carbocycles. The van der Waals surface area contributed by atoms with E-state index in [0.717, 1.165) is 17.7 Å². The largest absolute Gasteiger partial charge is 0.503 e. The summed E-state index contributed by atoms with van der Waals surface area (Å²) >= 11 is 6.21. The first-order valence-corrected chi connectivity index (χ1v) is 9.19. The van der Waals surface area contributed by atoms with Gasteiger partial charge in [-0.05, 0) is 44.5 Å². The average molecular weight is 375 g/mol. The Morgan fingerprint density at radius 2 is 2.04 bits per heavy atom. The van der Waals surface area contributed by atoms with Gasteiger partial charge in [-0.25, -0.2) is 0 Å². The van der Waals surface area contributed by atoms with Crippen LogP contribution in [0.4, 0.5) is 5.69 Å². The SMILES string of the molecule is CCOc1cc([C@H]2Nc3ccccc3C(=O)N2[C@@H](C)CC)cc(Cl)c1O. The monoisotopic (exact) mass is 374 g/mol. The highest BCUT2D eigenvalue weighted by atomic mass is 35.5. The molecule has 0 fully saturated rings. The van der Waals surface area contributed by atoms with E-state index in [1.165, 1.54) is 0 Å². The number of carbonyl (C=O) groups is 1. The van der Waals surface area contributed by atoms with Gasteiger partial charge in [-0.1, -0.05) is 30.7 Å². The van der Waals surface area contributed by atoms with Crippen LogP contribution in [0, 0.1) is 0 Å². The molecule has 0 saturated heterocycles. The summed E-state index contributed by atoms with van der Waals surface area (Å²) < 4.78 is 5.50. The zero-order chi connectivity index (χ0) is 18.8. The van der Waals surface area contributed by atoms with Gasteiger partial charge in [0.25, 0.3) is 5.91 Å². The molecule has 6 heteroatoms. The van der Waals surface area contributed by atoms with Gasteiger partial charge in [0.15, 0.2) is 11.5 Å². The zero-order valence-corrected chi connectivity index (χ0v) is 15.9. The van der Waals surface area contributed by atoms with Crippen LogP contribution in [0.1, 0.15) is 49.3 Å². The fourth-order valence-electron chi connectivity index (χ4n) is 3.18. The predicted octanol–water partition coefficient (Wildman–Crippen LogP) is 4.81. The molecule has 1 aliphatic rings. The standard InChI is InChI=1S/C20H23ClN2O3/c1-4-12(3)23-19(22-16-9-7-6-8-14(16)20(23)25)13-10-15(21)18(24)17(11-13)26-5-2/h6-12,19,22,24H,4-5H2,1-3H3/t12-,19-/m0/s1. The lowest BCUT2D eigenvalue weighted by atomic mass is 10.0. The minimum Gasteiger partial charge on any atom is -0.503 e. The normalized spacial score (nSPS) is 17.5. The summed E-state index contributed by atoms with van der Waals surface area (Å²) in [4.78, 5) is 15.0. The first kappa shape index (κ1) is 18.4. The predicted molar refractivity (Wildman–Crippen MR) is 103 cm³/mol. The number of rotatable bonds is 5. The third-order valence-corrected chi connectivity index (χ3v) is 4.98. The van der Waals surface area contributed by atoms with E-state index in [0.29, 0.717) is 17.9 Å². The Kier molecular flexibility index (Phi) is 5.28. The molecule has 1 aliphatic heterocycles. The van der Waals surface area contributed by atoms with Crippen molar-refractivity contribution in [2.24, 2.45) is 0 Å². The third kappa shape index (κ3) is 3.19. The van der Waals surface area contributed by atoms with E-state index in [2.05, 4.69) is 5.32 Å². The van der Waals surface area contributed by atoms with E-state index in [-0.39, 0.29) is 22.7 Å². The van der Waals surface area contributed by atoms with Gasteiger partial charge in [-0.15, -0.1) is 0 Å². The number of fused-ring (bicyclic) bond motifs is 1. The first-order valence-electron chi connectivity index (χ1n) is 8.81. The molecule has 0 aromatic heterocycles. The molecule has 0 aliphatic carbocycles. The lowest BCUT2D eigenvalue weighted by Crippen LogP contribution is -2.47. The summed E-state index contributed by atoms with van der Waals surface area (Å²) in [5.74, 6) is 0.197. The summed E-state index contributed by atoms with van der Waals surface area (Å²) in [6.07, 6.45) is 0.417. The van der Waals surface area contributed by atoms with E-state index in [1.807, 2.05) is 49.9 Å². The molecule has 1 amide bonds. The van der Waals surface area contributed by atoms with Crippen molar-refractivity contribution in [3.8, 4) is 11.5 Å². The van der Waals surface area contributed by atoms with Gasteiger partial charge in [-0.3, -0.25) is 4.79 Å². The van der Waals surface area contributed by atoms with Gasteiger partial charge in [0, 0.05) is 17.3 Å². The Morgan fingerprint density at radius 1 is 1.31 bits per heavy atom. The Morgan fingerprint density at radius 3 is 2.73 bits per heavy atom. The maximum absolute atomic E-state index is 13.1. The van der Waals surface area contributed by atoms with Crippen molar-refractivity contribution >= 4 is 23.2 Å². The number of amides is 1. The molecule has 2 N–H and O–H groups in total. The van der Waals surface area contributed by atoms with Crippen LogP contribution in [0.15, 0.2) is 36.4 Å². The molecule has 3 rings (SSSR count). The van der Waals surface area contributed by atoms with Gasteiger partial charge in [0.1, 0.15) is 6.17 Å². The van der Waals surface area contributed by atoms with Gasteiger partial charge < -0.3 is 20.1 Å². The number of phenolic OH excluding ortho intramolecular Hbond substituents is 1. The maximum atomic E-state index is 13.1. The molecule has 0 bridgehead atoms. The number of phenols is 1. The molecular formula is C20H23ClN2O3. The van der Waals surface area contributed by atoms with Crippen LogP contribution in [0.3, 0.4) is 0 Å². The average Bonchev–Trinajstić information content (AvgIpc) is 2.64. The second kappa shape index (κ2) is 7.46. The quantitative estimate of drug-likeness (QED) is 0.788. The third-order valence-electron chi connectivity index (χ3n) is 4.69. The number of hydrogen-bond acceptors (Lipinski definition) is 4. The fourth-order valence-corrected chi connectivity index (χ4v) is 3.40. The molecule has 2 aromatic rings. The molecular weight excluding hydrogens is 352 g/mol. The lowest BCUT2D eigenvalue weighted by Gasteiger charge is -2.41. The number of anilines is 1. The summed E-state index contributed by atoms with van der Waals surface area (Å²) in [6, 6.07) is 10.9.